The summed E-state index contributed by atoms with van der Waals surface area (Å²) in [6.45, 7) is 4.88. The Morgan fingerprint density at radius 2 is 1.90 bits per heavy atom. The Balaban J connectivity index is 1.71. The third kappa shape index (κ3) is 3.27. The highest BCUT2D eigenvalue weighted by Gasteiger charge is 2.55. The fourth-order valence-corrected chi connectivity index (χ4v) is 4.16. The van der Waals surface area contributed by atoms with Crippen LogP contribution in [0, 0.1) is 12.7 Å². The second-order valence-electron chi connectivity index (χ2n) is 7.94. The van der Waals surface area contributed by atoms with E-state index in [9.17, 15) is 23.4 Å². The van der Waals surface area contributed by atoms with Crippen LogP contribution < -0.4 is 0 Å². The summed E-state index contributed by atoms with van der Waals surface area (Å²) in [5, 5.41) is 22.7. The molecule has 1 aliphatic heterocycles. The molecule has 4 rings (SSSR count). The Kier molecular flexibility index (Phi) is 5.08. The number of aryl methyl sites for hydroxylation is 1. The van der Waals surface area contributed by atoms with Crippen molar-refractivity contribution in [1.29, 1.82) is 0 Å². The Labute approximate surface area is 171 Å². The van der Waals surface area contributed by atoms with Gasteiger partial charge in [0.2, 0.25) is 0 Å². The molecule has 1 aromatic carbocycles. The summed E-state index contributed by atoms with van der Waals surface area (Å²) in [5.41, 5.74) is -0.641. The van der Waals surface area contributed by atoms with Crippen LogP contribution in [0.3, 0.4) is 0 Å². The summed E-state index contributed by atoms with van der Waals surface area (Å²) in [6.07, 6.45) is -3.04. The number of alkyl halides is 2. The highest BCUT2D eigenvalue weighted by molar-refractivity contribution is 5.78. The number of ether oxygens (including phenoxy) is 1. The lowest BCUT2D eigenvalue weighted by Crippen LogP contribution is -2.46. The fourth-order valence-electron chi connectivity index (χ4n) is 4.16. The molecule has 2 aromatic heterocycles. The Morgan fingerprint density at radius 3 is 2.60 bits per heavy atom. The maximum Gasteiger partial charge on any atom is 0.263 e. The van der Waals surface area contributed by atoms with Crippen molar-refractivity contribution in [3.05, 3.63) is 59.4 Å². The molecule has 1 fully saturated rings. The summed E-state index contributed by atoms with van der Waals surface area (Å²) in [6, 6.07) is 4.89. The van der Waals surface area contributed by atoms with Gasteiger partial charge in [-0.3, -0.25) is 0 Å². The van der Waals surface area contributed by atoms with Gasteiger partial charge in [0.25, 0.3) is 6.43 Å². The molecule has 0 spiro atoms. The molecule has 160 valence electrons. The summed E-state index contributed by atoms with van der Waals surface area (Å²) < 4.78 is 47.8. The Hall–Kier alpha value is -2.49. The summed E-state index contributed by atoms with van der Waals surface area (Å²) in [7, 11) is 0. The number of aliphatic hydroxyl groups is 2. The second-order valence-corrected chi connectivity index (χ2v) is 7.94. The van der Waals surface area contributed by atoms with Crippen LogP contribution in [0.5, 0.6) is 0 Å². The molecule has 0 bridgehead atoms. The molecule has 3 heterocycles. The minimum atomic E-state index is -2.83. The topological polar surface area (TPSA) is 80.4 Å². The zero-order valence-electron chi connectivity index (χ0n) is 16.6. The monoisotopic (exact) mass is 421 g/mol. The first-order valence-corrected chi connectivity index (χ1v) is 9.54. The van der Waals surface area contributed by atoms with E-state index in [1.54, 1.807) is 23.8 Å². The van der Waals surface area contributed by atoms with Crippen molar-refractivity contribution < 1.29 is 28.1 Å². The third-order valence-corrected chi connectivity index (χ3v) is 5.89. The SMILES string of the molecule is Cc1ncnc2c1ccn2[C@@H]1O[C@H]([C@@H](C)c2cc(F)cc(C(F)F)c2)[C@@](C)(O)[C@H]1O. The van der Waals surface area contributed by atoms with Gasteiger partial charge in [-0.25, -0.2) is 23.1 Å². The standard InChI is InChI=1S/C21H22F3N3O3/c1-10(12-6-13(18(23)24)8-14(22)7-12)17-21(3,29)16(28)20(30-17)27-5-4-15-11(2)25-9-26-19(15)27/h4-10,16-18,20,28-29H,1-3H3/t10-,16-,17+,20+,21-/m0/s1. The number of nitrogens with zero attached hydrogens (tertiary/aromatic N) is 3. The molecule has 30 heavy (non-hydrogen) atoms. The molecule has 0 amide bonds. The number of rotatable bonds is 4. The van der Waals surface area contributed by atoms with E-state index in [2.05, 4.69) is 9.97 Å². The van der Waals surface area contributed by atoms with E-state index in [0.29, 0.717) is 5.65 Å². The van der Waals surface area contributed by atoms with Crippen LogP contribution in [-0.4, -0.2) is 42.6 Å². The Morgan fingerprint density at radius 1 is 1.20 bits per heavy atom. The average Bonchev–Trinajstić information content (AvgIpc) is 3.21. The van der Waals surface area contributed by atoms with E-state index in [1.807, 2.05) is 6.92 Å². The third-order valence-electron chi connectivity index (χ3n) is 5.89. The van der Waals surface area contributed by atoms with Gasteiger partial charge in [-0.05, 0) is 43.7 Å². The van der Waals surface area contributed by atoms with Crippen LogP contribution in [0.2, 0.25) is 0 Å². The zero-order chi connectivity index (χ0) is 21.8. The number of aromatic nitrogens is 3. The van der Waals surface area contributed by atoms with Crippen LogP contribution in [0.4, 0.5) is 13.2 Å². The second kappa shape index (κ2) is 7.33. The number of aliphatic hydroxyl groups excluding tert-OH is 1. The van der Waals surface area contributed by atoms with Crippen molar-refractivity contribution in [2.45, 2.75) is 57.2 Å². The van der Waals surface area contributed by atoms with E-state index in [4.69, 9.17) is 4.74 Å². The molecule has 2 N–H and O–H groups in total. The van der Waals surface area contributed by atoms with Gasteiger partial charge in [0.05, 0.1) is 11.8 Å². The first kappa shape index (κ1) is 20.8. The molecule has 0 aliphatic carbocycles. The van der Waals surface area contributed by atoms with Crippen molar-refractivity contribution in [2.75, 3.05) is 0 Å². The van der Waals surface area contributed by atoms with Gasteiger partial charge in [-0.15, -0.1) is 0 Å². The number of hydrogen-bond donors (Lipinski definition) is 2. The highest BCUT2D eigenvalue weighted by atomic mass is 19.3. The molecule has 6 nitrogen and oxygen atoms in total. The number of hydrogen-bond acceptors (Lipinski definition) is 5. The molecule has 5 atom stereocenters. The van der Waals surface area contributed by atoms with Crippen molar-refractivity contribution in [3.8, 4) is 0 Å². The van der Waals surface area contributed by atoms with Crippen molar-refractivity contribution in [1.82, 2.24) is 14.5 Å². The van der Waals surface area contributed by atoms with Gasteiger partial charge < -0.3 is 19.5 Å². The van der Waals surface area contributed by atoms with E-state index >= 15 is 0 Å². The molecular formula is C21H22F3N3O3. The first-order valence-electron chi connectivity index (χ1n) is 9.54. The quantitative estimate of drug-likeness (QED) is 0.673. The molecule has 0 saturated carbocycles. The van der Waals surface area contributed by atoms with Gasteiger partial charge >= 0.3 is 0 Å². The van der Waals surface area contributed by atoms with E-state index in [-0.39, 0.29) is 5.56 Å². The van der Waals surface area contributed by atoms with Crippen LogP contribution in [-0.2, 0) is 4.74 Å². The number of benzene rings is 1. The van der Waals surface area contributed by atoms with Crippen LogP contribution >= 0.6 is 0 Å². The molecule has 9 heteroatoms. The van der Waals surface area contributed by atoms with E-state index in [0.717, 1.165) is 23.2 Å². The zero-order valence-corrected chi connectivity index (χ0v) is 16.6. The normalized spacial score (nSPS) is 27.8. The van der Waals surface area contributed by atoms with Crippen molar-refractivity contribution in [3.63, 3.8) is 0 Å². The lowest BCUT2D eigenvalue weighted by molar-refractivity contribution is -0.0705. The summed E-state index contributed by atoms with van der Waals surface area (Å²) in [5.74, 6) is -1.47. The molecule has 1 saturated heterocycles. The van der Waals surface area contributed by atoms with E-state index in [1.165, 1.54) is 19.3 Å². The Bertz CT molecular complexity index is 1090. The minimum Gasteiger partial charge on any atom is -0.385 e. The largest absolute Gasteiger partial charge is 0.385 e. The molecule has 3 aromatic rings. The van der Waals surface area contributed by atoms with Crippen LogP contribution in [0.1, 0.15) is 49.2 Å². The van der Waals surface area contributed by atoms with Gasteiger partial charge in [0.15, 0.2) is 6.23 Å². The predicted octanol–water partition coefficient (Wildman–Crippen LogP) is 3.63. The molecule has 0 radical (unpaired) electrons. The van der Waals surface area contributed by atoms with Gasteiger partial charge in [-0.1, -0.05) is 6.92 Å². The maximum absolute atomic E-state index is 13.9. The van der Waals surface area contributed by atoms with Crippen LogP contribution in [0.15, 0.2) is 36.8 Å². The minimum absolute atomic E-state index is 0.249. The van der Waals surface area contributed by atoms with Gasteiger partial charge in [-0.2, -0.15) is 0 Å². The fraction of sp³-hybridized carbons (Fsp3) is 0.429. The van der Waals surface area contributed by atoms with Crippen molar-refractivity contribution >= 4 is 11.0 Å². The lowest BCUT2D eigenvalue weighted by atomic mass is 9.83. The summed E-state index contributed by atoms with van der Waals surface area (Å²) in [4.78, 5) is 8.38. The predicted molar refractivity (Wildman–Crippen MR) is 103 cm³/mol. The van der Waals surface area contributed by atoms with Gasteiger partial charge in [0.1, 0.15) is 29.5 Å². The van der Waals surface area contributed by atoms with Crippen molar-refractivity contribution in [2.24, 2.45) is 0 Å². The lowest BCUT2D eigenvalue weighted by Gasteiger charge is -2.31. The number of fused-ring (bicyclic) bond motifs is 1. The summed E-state index contributed by atoms with van der Waals surface area (Å²) >= 11 is 0. The molecule has 0 unspecified atom stereocenters. The maximum atomic E-state index is 13.9. The highest BCUT2D eigenvalue weighted by Crippen LogP contribution is 2.44. The molecular weight excluding hydrogens is 399 g/mol. The molecule has 1 aliphatic rings. The van der Waals surface area contributed by atoms with Gasteiger partial charge in [0, 0.05) is 23.1 Å². The van der Waals surface area contributed by atoms with Crippen LogP contribution in [0.25, 0.3) is 11.0 Å². The smallest absolute Gasteiger partial charge is 0.263 e. The first-order chi connectivity index (χ1) is 14.1. The number of halogens is 3. The average molecular weight is 421 g/mol. The van der Waals surface area contributed by atoms with E-state index < -0.39 is 47.8 Å².